The van der Waals surface area contributed by atoms with Crippen LogP contribution in [0.1, 0.15) is 28.9 Å². The fourth-order valence-corrected chi connectivity index (χ4v) is 2.30. The van der Waals surface area contributed by atoms with Crippen molar-refractivity contribution in [3.8, 4) is 11.3 Å². The van der Waals surface area contributed by atoms with E-state index in [0.29, 0.717) is 11.3 Å². The highest BCUT2D eigenvalue weighted by atomic mass is 16.5. The molecule has 0 bridgehead atoms. The summed E-state index contributed by atoms with van der Waals surface area (Å²) >= 11 is 0. The SMILES string of the molecule is C[C@@H](NC(=O)c1conc1-c1ccccc1)c1ccccc1. The van der Waals surface area contributed by atoms with Crippen LogP contribution in [0.15, 0.2) is 71.4 Å². The first-order chi connectivity index (χ1) is 10.8. The molecule has 2 aromatic carbocycles. The van der Waals surface area contributed by atoms with Crippen molar-refractivity contribution >= 4 is 5.91 Å². The van der Waals surface area contributed by atoms with E-state index < -0.39 is 0 Å². The smallest absolute Gasteiger partial charge is 0.257 e. The van der Waals surface area contributed by atoms with Crippen molar-refractivity contribution < 1.29 is 9.32 Å². The van der Waals surface area contributed by atoms with Gasteiger partial charge in [-0.1, -0.05) is 65.8 Å². The molecule has 3 rings (SSSR count). The summed E-state index contributed by atoms with van der Waals surface area (Å²) in [6, 6.07) is 19.2. The van der Waals surface area contributed by atoms with Gasteiger partial charge < -0.3 is 9.84 Å². The molecule has 0 unspecified atom stereocenters. The number of nitrogens with zero attached hydrogens (tertiary/aromatic N) is 1. The van der Waals surface area contributed by atoms with Crippen LogP contribution in [0.5, 0.6) is 0 Å². The molecule has 1 amide bonds. The average Bonchev–Trinajstić information content (AvgIpc) is 3.06. The lowest BCUT2D eigenvalue weighted by molar-refractivity contribution is 0.0940. The van der Waals surface area contributed by atoms with Crippen molar-refractivity contribution in [1.82, 2.24) is 10.5 Å². The van der Waals surface area contributed by atoms with Gasteiger partial charge in [0, 0.05) is 5.56 Å². The second-order valence-electron chi connectivity index (χ2n) is 5.05. The number of rotatable bonds is 4. The average molecular weight is 292 g/mol. The van der Waals surface area contributed by atoms with Crippen molar-refractivity contribution in [2.75, 3.05) is 0 Å². The topological polar surface area (TPSA) is 55.1 Å². The number of carbonyl (C=O) groups is 1. The molecule has 4 nitrogen and oxygen atoms in total. The van der Waals surface area contributed by atoms with Gasteiger partial charge >= 0.3 is 0 Å². The van der Waals surface area contributed by atoms with Gasteiger partial charge in [0.05, 0.1) is 6.04 Å². The van der Waals surface area contributed by atoms with Gasteiger partial charge in [0.25, 0.3) is 5.91 Å². The maximum atomic E-state index is 12.5. The maximum absolute atomic E-state index is 12.5. The highest BCUT2D eigenvalue weighted by Gasteiger charge is 2.19. The number of hydrogen-bond acceptors (Lipinski definition) is 3. The summed E-state index contributed by atoms with van der Waals surface area (Å²) in [5.74, 6) is -0.198. The van der Waals surface area contributed by atoms with E-state index >= 15 is 0 Å². The normalized spacial score (nSPS) is 11.9. The third-order valence-electron chi connectivity index (χ3n) is 3.51. The van der Waals surface area contributed by atoms with Crippen molar-refractivity contribution in [3.63, 3.8) is 0 Å². The van der Waals surface area contributed by atoms with Gasteiger partial charge in [0.15, 0.2) is 0 Å². The molecule has 1 heterocycles. The quantitative estimate of drug-likeness (QED) is 0.795. The molecule has 0 spiro atoms. The molecular weight excluding hydrogens is 276 g/mol. The van der Waals surface area contributed by atoms with Crippen molar-refractivity contribution in [3.05, 3.63) is 78.1 Å². The Morgan fingerprint density at radius 3 is 2.36 bits per heavy atom. The standard InChI is InChI=1S/C18H16N2O2/c1-13(14-8-4-2-5-9-14)19-18(21)16-12-22-20-17(16)15-10-6-3-7-11-15/h2-13H,1H3,(H,19,21)/t13-/m1/s1. The number of hydrogen-bond donors (Lipinski definition) is 1. The lowest BCUT2D eigenvalue weighted by atomic mass is 10.1. The molecule has 4 heteroatoms. The Morgan fingerprint density at radius 1 is 1.05 bits per heavy atom. The van der Waals surface area contributed by atoms with Crippen molar-refractivity contribution in [1.29, 1.82) is 0 Å². The van der Waals surface area contributed by atoms with E-state index in [1.165, 1.54) is 6.26 Å². The first kappa shape index (κ1) is 14.1. The molecule has 0 radical (unpaired) electrons. The summed E-state index contributed by atoms with van der Waals surface area (Å²) in [6.45, 7) is 1.95. The van der Waals surface area contributed by atoms with Crippen LogP contribution in [0.4, 0.5) is 0 Å². The highest BCUT2D eigenvalue weighted by molar-refractivity contribution is 5.99. The highest BCUT2D eigenvalue weighted by Crippen LogP contribution is 2.22. The maximum Gasteiger partial charge on any atom is 0.257 e. The molecule has 0 aliphatic heterocycles. The second kappa shape index (κ2) is 6.26. The van der Waals surface area contributed by atoms with Crippen LogP contribution in [-0.2, 0) is 0 Å². The Labute approximate surface area is 128 Å². The van der Waals surface area contributed by atoms with E-state index in [1.807, 2.05) is 67.6 Å². The van der Waals surface area contributed by atoms with Gasteiger partial charge in [0.1, 0.15) is 17.5 Å². The first-order valence-electron chi connectivity index (χ1n) is 7.11. The van der Waals surface area contributed by atoms with Gasteiger partial charge in [-0.2, -0.15) is 0 Å². The molecule has 0 saturated heterocycles. The number of amides is 1. The summed E-state index contributed by atoms with van der Waals surface area (Å²) in [6.07, 6.45) is 1.38. The minimum absolute atomic E-state index is 0.0905. The van der Waals surface area contributed by atoms with E-state index in [4.69, 9.17) is 4.52 Å². The van der Waals surface area contributed by atoms with Crippen LogP contribution >= 0.6 is 0 Å². The number of carbonyl (C=O) groups excluding carboxylic acids is 1. The van der Waals surface area contributed by atoms with E-state index in [2.05, 4.69) is 10.5 Å². The minimum atomic E-state index is -0.198. The van der Waals surface area contributed by atoms with Gasteiger partial charge in [-0.15, -0.1) is 0 Å². The molecule has 110 valence electrons. The second-order valence-corrected chi connectivity index (χ2v) is 5.05. The summed E-state index contributed by atoms with van der Waals surface area (Å²) in [7, 11) is 0. The number of nitrogens with one attached hydrogen (secondary N) is 1. The van der Waals surface area contributed by atoms with E-state index in [0.717, 1.165) is 11.1 Å². The Balaban J connectivity index is 1.81. The van der Waals surface area contributed by atoms with E-state index in [1.54, 1.807) is 0 Å². The molecule has 0 saturated carbocycles. The van der Waals surface area contributed by atoms with Crippen molar-refractivity contribution in [2.24, 2.45) is 0 Å². The molecule has 1 atom stereocenters. The summed E-state index contributed by atoms with van der Waals surface area (Å²) in [5.41, 5.74) is 2.90. The van der Waals surface area contributed by atoms with E-state index in [-0.39, 0.29) is 11.9 Å². The first-order valence-corrected chi connectivity index (χ1v) is 7.11. The zero-order valence-corrected chi connectivity index (χ0v) is 12.2. The van der Waals surface area contributed by atoms with Gasteiger partial charge in [-0.05, 0) is 12.5 Å². The lowest BCUT2D eigenvalue weighted by Gasteiger charge is -2.13. The molecule has 1 N–H and O–H groups in total. The monoisotopic (exact) mass is 292 g/mol. The van der Waals surface area contributed by atoms with Crippen LogP contribution in [-0.4, -0.2) is 11.1 Å². The predicted octanol–water partition coefficient (Wildman–Crippen LogP) is 3.83. The van der Waals surface area contributed by atoms with Crippen LogP contribution in [0, 0.1) is 0 Å². The summed E-state index contributed by atoms with van der Waals surface area (Å²) in [5, 5.41) is 6.92. The van der Waals surface area contributed by atoms with E-state index in [9.17, 15) is 4.79 Å². The molecule has 1 aromatic heterocycles. The van der Waals surface area contributed by atoms with Crippen molar-refractivity contribution in [2.45, 2.75) is 13.0 Å². The summed E-state index contributed by atoms with van der Waals surface area (Å²) < 4.78 is 5.00. The minimum Gasteiger partial charge on any atom is -0.363 e. The number of benzene rings is 2. The van der Waals surface area contributed by atoms with Gasteiger partial charge in [-0.25, -0.2) is 0 Å². The van der Waals surface area contributed by atoms with Crippen LogP contribution < -0.4 is 5.32 Å². The third kappa shape index (κ3) is 2.91. The molecule has 0 fully saturated rings. The largest absolute Gasteiger partial charge is 0.363 e. The molecule has 22 heavy (non-hydrogen) atoms. The molecular formula is C18H16N2O2. The molecule has 0 aliphatic rings. The zero-order chi connectivity index (χ0) is 15.4. The Hall–Kier alpha value is -2.88. The fourth-order valence-electron chi connectivity index (χ4n) is 2.30. The fraction of sp³-hybridized carbons (Fsp3) is 0.111. The van der Waals surface area contributed by atoms with Crippen LogP contribution in [0.2, 0.25) is 0 Å². The number of aromatic nitrogens is 1. The molecule has 3 aromatic rings. The Bertz CT molecular complexity index is 751. The van der Waals surface area contributed by atoms with Gasteiger partial charge in [-0.3, -0.25) is 4.79 Å². The Morgan fingerprint density at radius 2 is 1.68 bits per heavy atom. The summed E-state index contributed by atoms with van der Waals surface area (Å²) in [4.78, 5) is 12.5. The molecule has 0 aliphatic carbocycles. The third-order valence-corrected chi connectivity index (χ3v) is 3.51. The lowest BCUT2D eigenvalue weighted by Crippen LogP contribution is -2.26. The van der Waals surface area contributed by atoms with Gasteiger partial charge in [0.2, 0.25) is 0 Å². The van der Waals surface area contributed by atoms with Crippen LogP contribution in [0.3, 0.4) is 0 Å². The Kier molecular flexibility index (Phi) is 4.01. The van der Waals surface area contributed by atoms with Crippen LogP contribution in [0.25, 0.3) is 11.3 Å². The predicted molar refractivity (Wildman–Crippen MR) is 84.3 cm³/mol. The zero-order valence-electron chi connectivity index (χ0n) is 12.2.